The van der Waals surface area contributed by atoms with Crippen molar-refractivity contribution in [1.82, 2.24) is 0 Å². The van der Waals surface area contributed by atoms with E-state index in [1.165, 1.54) is 41.6 Å². The molecule has 142 valence electrons. The Bertz CT molecular complexity index is 1340. The molecule has 3 aromatic carbocycles. The Morgan fingerprint density at radius 2 is 1.31 bits per heavy atom. The second-order valence-corrected chi connectivity index (χ2v) is 9.42. The monoisotopic (exact) mass is 414 g/mol. The van der Waals surface area contributed by atoms with Gasteiger partial charge in [-0.2, -0.15) is 9.13 Å². The molecule has 0 saturated carbocycles. The number of benzene rings is 3. The Kier molecular flexibility index (Phi) is 4.74. The summed E-state index contributed by atoms with van der Waals surface area (Å²) in [5.74, 6) is 0. The predicted molar refractivity (Wildman–Crippen MR) is 124 cm³/mol. The summed E-state index contributed by atoms with van der Waals surface area (Å²) in [6, 6.07) is 26.1. The molecule has 2 aromatic heterocycles. The van der Waals surface area contributed by atoms with Crippen molar-refractivity contribution in [2.75, 3.05) is 0 Å². The van der Waals surface area contributed by atoms with E-state index in [1.807, 2.05) is 22.7 Å². The Labute approximate surface area is 178 Å². The molecule has 0 fully saturated rings. The van der Waals surface area contributed by atoms with Crippen molar-refractivity contribution < 1.29 is 9.13 Å². The molecular formula is C25H22N2S2+2. The first-order chi connectivity index (χ1) is 14.2. The first-order valence-electron chi connectivity index (χ1n) is 9.70. The number of para-hydroxylation sites is 2. The summed E-state index contributed by atoms with van der Waals surface area (Å²) in [6.07, 6.45) is 5.38. The van der Waals surface area contributed by atoms with E-state index in [1.54, 1.807) is 0 Å². The molecule has 0 radical (unpaired) electrons. The number of nitrogens with zero attached hydrogens (tertiary/aromatic N) is 2. The fourth-order valence-corrected chi connectivity index (χ4v) is 5.90. The lowest BCUT2D eigenvalue weighted by molar-refractivity contribution is -0.647. The Morgan fingerprint density at radius 3 is 1.97 bits per heavy atom. The van der Waals surface area contributed by atoms with Crippen LogP contribution in [0, 0.1) is 0 Å². The SMILES string of the molecule is C[n+]1c(/C=C/c2ccc(Cc3sc4ccccc4[n+]3C)cc2)sc2ccccc21. The van der Waals surface area contributed by atoms with Crippen molar-refractivity contribution in [3.63, 3.8) is 0 Å². The van der Waals surface area contributed by atoms with Gasteiger partial charge in [-0.3, -0.25) is 0 Å². The quantitative estimate of drug-likeness (QED) is 0.342. The molecule has 5 aromatic rings. The number of thiazole rings is 2. The number of hydrogen-bond donors (Lipinski definition) is 0. The Morgan fingerprint density at radius 1 is 0.690 bits per heavy atom. The maximum Gasteiger partial charge on any atom is 0.262 e. The molecule has 0 saturated heterocycles. The molecule has 0 aliphatic carbocycles. The largest absolute Gasteiger partial charge is 0.262 e. The van der Waals surface area contributed by atoms with Crippen LogP contribution in [-0.4, -0.2) is 0 Å². The summed E-state index contributed by atoms with van der Waals surface area (Å²) >= 11 is 3.71. The number of fused-ring (bicyclic) bond motifs is 2. The number of hydrogen-bond acceptors (Lipinski definition) is 2. The number of rotatable bonds is 4. The normalized spacial score (nSPS) is 11.8. The molecule has 0 bridgehead atoms. The first-order valence-corrected chi connectivity index (χ1v) is 11.3. The molecule has 0 aliphatic heterocycles. The average Bonchev–Trinajstić information content (AvgIpc) is 3.25. The summed E-state index contributed by atoms with van der Waals surface area (Å²) in [4.78, 5) is 0. The minimum absolute atomic E-state index is 0.963. The Balaban J connectivity index is 1.36. The molecule has 29 heavy (non-hydrogen) atoms. The van der Waals surface area contributed by atoms with E-state index in [2.05, 4.69) is 108 Å². The van der Waals surface area contributed by atoms with Crippen LogP contribution in [-0.2, 0) is 20.5 Å². The van der Waals surface area contributed by atoms with Crippen LogP contribution >= 0.6 is 22.7 Å². The van der Waals surface area contributed by atoms with E-state index in [-0.39, 0.29) is 0 Å². The molecule has 0 amide bonds. The van der Waals surface area contributed by atoms with Crippen molar-refractivity contribution in [3.8, 4) is 0 Å². The minimum Gasteiger partial charge on any atom is -0.188 e. The van der Waals surface area contributed by atoms with Crippen LogP contribution in [0.3, 0.4) is 0 Å². The maximum absolute atomic E-state index is 2.31. The van der Waals surface area contributed by atoms with Gasteiger partial charge in [0.05, 0.1) is 6.42 Å². The maximum atomic E-state index is 2.31. The van der Waals surface area contributed by atoms with Gasteiger partial charge in [-0.15, -0.1) is 0 Å². The average molecular weight is 415 g/mol. The van der Waals surface area contributed by atoms with Crippen LogP contribution in [0.15, 0.2) is 72.8 Å². The third-order valence-electron chi connectivity index (χ3n) is 5.35. The molecule has 2 nitrogen and oxygen atoms in total. The second-order valence-electron chi connectivity index (χ2n) is 7.24. The molecule has 0 unspecified atom stereocenters. The van der Waals surface area contributed by atoms with Gasteiger partial charge in [0, 0.05) is 18.2 Å². The number of aromatic nitrogens is 2. The third-order valence-corrected chi connectivity index (χ3v) is 7.76. The first kappa shape index (κ1) is 18.2. The molecule has 4 heteroatoms. The van der Waals surface area contributed by atoms with Crippen molar-refractivity contribution in [2.45, 2.75) is 6.42 Å². The minimum atomic E-state index is 0.963. The summed E-state index contributed by atoms with van der Waals surface area (Å²) in [5, 5.41) is 2.64. The van der Waals surface area contributed by atoms with Gasteiger partial charge in [-0.25, -0.2) is 0 Å². The van der Waals surface area contributed by atoms with Gasteiger partial charge in [0.1, 0.15) is 23.5 Å². The molecule has 0 atom stereocenters. The zero-order valence-electron chi connectivity index (χ0n) is 16.5. The third kappa shape index (κ3) is 3.50. The lowest BCUT2D eigenvalue weighted by Crippen LogP contribution is -2.30. The van der Waals surface area contributed by atoms with Crippen LogP contribution in [0.4, 0.5) is 0 Å². The van der Waals surface area contributed by atoms with Crippen LogP contribution in [0.1, 0.15) is 21.1 Å². The van der Waals surface area contributed by atoms with Crippen molar-refractivity contribution in [3.05, 3.63) is 93.9 Å². The smallest absolute Gasteiger partial charge is 0.188 e. The lowest BCUT2D eigenvalue weighted by Gasteiger charge is -1.98. The van der Waals surface area contributed by atoms with Gasteiger partial charge in [0.2, 0.25) is 16.0 Å². The van der Waals surface area contributed by atoms with Gasteiger partial charge < -0.3 is 0 Å². The Hall–Kier alpha value is -2.82. The van der Waals surface area contributed by atoms with Crippen molar-refractivity contribution in [1.29, 1.82) is 0 Å². The van der Waals surface area contributed by atoms with Gasteiger partial charge >= 0.3 is 0 Å². The standard InChI is InChI=1S/C25H22N2S2/c1-26-20-7-3-5-9-22(20)28-24(26)16-15-18-11-13-19(14-12-18)17-25-27(2)21-8-4-6-10-23(21)29-25/h3-16H,17H2,1-2H3/q+2/b16-15+. The molecule has 0 aliphatic rings. The molecule has 2 heterocycles. The summed E-state index contributed by atoms with van der Waals surface area (Å²) in [5.41, 5.74) is 5.16. The topological polar surface area (TPSA) is 7.76 Å². The van der Waals surface area contributed by atoms with Crippen LogP contribution in [0.5, 0.6) is 0 Å². The molecule has 5 rings (SSSR count). The number of aryl methyl sites for hydroxylation is 2. The van der Waals surface area contributed by atoms with E-state index >= 15 is 0 Å². The highest BCUT2D eigenvalue weighted by atomic mass is 32.1. The van der Waals surface area contributed by atoms with Crippen molar-refractivity contribution >= 4 is 55.3 Å². The van der Waals surface area contributed by atoms with Gasteiger partial charge in [0.25, 0.3) is 5.01 Å². The van der Waals surface area contributed by atoms with Gasteiger partial charge in [-0.1, -0.05) is 71.2 Å². The fourth-order valence-electron chi connectivity index (χ4n) is 3.66. The van der Waals surface area contributed by atoms with Crippen LogP contribution in [0.25, 0.3) is 32.6 Å². The molecular weight excluding hydrogens is 392 g/mol. The lowest BCUT2D eigenvalue weighted by atomic mass is 10.1. The van der Waals surface area contributed by atoms with Gasteiger partial charge in [-0.05, 0) is 29.3 Å². The van der Waals surface area contributed by atoms with Crippen molar-refractivity contribution in [2.24, 2.45) is 14.1 Å². The van der Waals surface area contributed by atoms with Crippen LogP contribution < -0.4 is 9.13 Å². The predicted octanol–water partition coefficient (Wildman–Crippen LogP) is 5.53. The van der Waals surface area contributed by atoms with E-state index in [0.717, 1.165) is 6.42 Å². The van der Waals surface area contributed by atoms with E-state index < -0.39 is 0 Å². The summed E-state index contributed by atoms with van der Waals surface area (Å²) in [6.45, 7) is 0. The highest BCUT2D eigenvalue weighted by Gasteiger charge is 2.16. The van der Waals surface area contributed by atoms with Gasteiger partial charge in [0.15, 0.2) is 0 Å². The highest BCUT2D eigenvalue weighted by Crippen LogP contribution is 2.23. The zero-order chi connectivity index (χ0) is 19.8. The van der Waals surface area contributed by atoms with E-state index in [4.69, 9.17) is 0 Å². The van der Waals surface area contributed by atoms with Crippen LogP contribution in [0.2, 0.25) is 0 Å². The molecule has 0 spiro atoms. The van der Waals surface area contributed by atoms with E-state index in [9.17, 15) is 0 Å². The van der Waals surface area contributed by atoms with E-state index in [0.29, 0.717) is 0 Å². The summed E-state index contributed by atoms with van der Waals surface area (Å²) in [7, 11) is 4.29. The summed E-state index contributed by atoms with van der Waals surface area (Å²) < 4.78 is 7.24. The fraction of sp³-hybridized carbons (Fsp3) is 0.120. The molecule has 0 N–H and O–H groups in total. The zero-order valence-corrected chi connectivity index (χ0v) is 18.1. The highest BCUT2D eigenvalue weighted by molar-refractivity contribution is 7.19. The second kappa shape index (κ2) is 7.54.